The van der Waals surface area contributed by atoms with Gasteiger partial charge in [0.15, 0.2) is 0 Å². The maximum absolute atomic E-state index is 11.9. The van der Waals surface area contributed by atoms with Crippen LogP contribution in [-0.4, -0.2) is 11.6 Å². The zero-order valence-electron chi connectivity index (χ0n) is 11.6. The standard InChI is InChI=1S/C16H12N4O2/c17-7-11-14(12(8-18)16(21)20-15(11)19)10-3-4-13-9(6-10)2-1-5-22-13/h3-4,6H,1-2,5H2,(H3,19,20,21). The minimum Gasteiger partial charge on any atom is -0.493 e. The number of H-pyrrole nitrogens is 1. The monoisotopic (exact) mass is 292 g/mol. The Bertz CT molecular complexity index is 900. The largest absolute Gasteiger partial charge is 0.493 e. The summed E-state index contributed by atoms with van der Waals surface area (Å²) in [5, 5.41) is 18.6. The Morgan fingerprint density at radius 3 is 2.73 bits per heavy atom. The van der Waals surface area contributed by atoms with Crippen LogP contribution in [0.1, 0.15) is 23.1 Å². The fourth-order valence-electron chi connectivity index (χ4n) is 2.65. The van der Waals surface area contributed by atoms with Crippen molar-refractivity contribution in [3.8, 4) is 29.0 Å². The normalized spacial score (nSPS) is 12.6. The molecule has 1 aromatic carbocycles. The summed E-state index contributed by atoms with van der Waals surface area (Å²) in [7, 11) is 0. The first-order valence-corrected chi connectivity index (χ1v) is 6.77. The van der Waals surface area contributed by atoms with Crippen molar-refractivity contribution >= 4 is 5.82 Å². The molecule has 3 N–H and O–H groups in total. The van der Waals surface area contributed by atoms with Gasteiger partial charge in [0.1, 0.15) is 34.8 Å². The molecule has 0 spiro atoms. The molecule has 0 aliphatic carbocycles. The van der Waals surface area contributed by atoms with E-state index in [1.807, 2.05) is 18.2 Å². The van der Waals surface area contributed by atoms with E-state index in [2.05, 4.69) is 4.98 Å². The maximum atomic E-state index is 11.9. The number of nitrogens with zero attached hydrogens (tertiary/aromatic N) is 2. The van der Waals surface area contributed by atoms with Gasteiger partial charge >= 0.3 is 0 Å². The first-order chi connectivity index (χ1) is 10.7. The lowest BCUT2D eigenvalue weighted by Crippen LogP contribution is -2.16. The van der Waals surface area contributed by atoms with Crippen LogP contribution in [0.25, 0.3) is 11.1 Å². The Labute approximate surface area is 126 Å². The van der Waals surface area contributed by atoms with Gasteiger partial charge in [0.2, 0.25) is 0 Å². The van der Waals surface area contributed by atoms with Crippen LogP contribution in [0.5, 0.6) is 5.75 Å². The molecule has 0 bridgehead atoms. The highest BCUT2D eigenvalue weighted by molar-refractivity contribution is 5.80. The van der Waals surface area contributed by atoms with Crippen LogP contribution in [0.15, 0.2) is 23.0 Å². The van der Waals surface area contributed by atoms with Crippen molar-refractivity contribution in [1.82, 2.24) is 4.98 Å². The lowest BCUT2D eigenvalue weighted by molar-refractivity contribution is 0.288. The average Bonchev–Trinajstić information content (AvgIpc) is 2.54. The number of fused-ring (bicyclic) bond motifs is 1. The van der Waals surface area contributed by atoms with Crippen LogP contribution < -0.4 is 16.0 Å². The van der Waals surface area contributed by atoms with E-state index in [4.69, 9.17) is 10.5 Å². The zero-order valence-corrected chi connectivity index (χ0v) is 11.6. The molecule has 2 aromatic rings. The minimum absolute atomic E-state index is 0.0320. The van der Waals surface area contributed by atoms with Gasteiger partial charge in [-0.2, -0.15) is 10.5 Å². The Hall–Kier alpha value is -3.25. The van der Waals surface area contributed by atoms with Crippen molar-refractivity contribution in [3.05, 3.63) is 45.2 Å². The summed E-state index contributed by atoms with van der Waals surface area (Å²) in [4.78, 5) is 14.3. The van der Waals surface area contributed by atoms with Gasteiger partial charge in [-0.15, -0.1) is 0 Å². The van der Waals surface area contributed by atoms with E-state index in [1.165, 1.54) is 0 Å². The molecule has 0 fully saturated rings. The minimum atomic E-state index is -0.594. The van der Waals surface area contributed by atoms with E-state index in [-0.39, 0.29) is 22.5 Å². The third kappa shape index (κ3) is 2.07. The number of benzene rings is 1. The van der Waals surface area contributed by atoms with Crippen LogP contribution >= 0.6 is 0 Å². The van der Waals surface area contributed by atoms with Crippen LogP contribution in [0.3, 0.4) is 0 Å². The molecule has 1 aliphatic rings. The van der Waals surface area contributed by atoms with Crippen LogP contribution in [0.4, 0.5) is 5.82 Å². The summed E-state index contributed by atoms with van der Waals surface area (Å²) in [6.45, 7) is 0.678. The Morgan fingerprint density at radius 1 is 1.23 bits per heavy atom. The quantitative estimate of drug-likeness (QED) is 0.829. The predicted octanol–water partition coefficient (Wildman–Crippen LogP) is 1.69. The highest BCUT2D eigenvalue weighted by Crippen LogP contribution is 2.33. The van der Waals surface area contributed by atoms with Gasteiger partial charge in [-0.1, -0.05) is 6.07 Å². The second-order valence-electron chi connectivity index (χ2n) is 4.99. The Morgan fingerprint density at radius 2 is 2.00 bits per heavy atom. The lowest BCUT2D eigenvalue weighted by atomic mass is 9.93. The van der Waals surface area contributed by atoms with E-state index in [0.29, 0.717) is 12.2 Å². The Kier molecular flexibility index (Phi) is 3.28. The van der Waals surface area contributed by atoms with E-state index < -0.39 is 5.56 Å². The van der Waals surface area contributed by atoms with Gasteiger partial charge in [0, 0.05) is 5.56 Å². The second kappa shape index (κ2) is 5.27. The van der Waals surface area contributed by atoms with E-state index in [1.54, 1.807) is 12.1 Å². The smallest absolute Gasteiger partial charge is 0.268 e. The summed E-state index contributed by atoms with van der Waals surface area (Å²) in [6.07, 6.45) is 1.76. The molecule has 108 valence electrons. The third-order valence-corrected chi connectivity index (χ3v) is 3.67. The highest BCUT2D eigenvalue weighted by atomic mass is 16.5. The van der Waals surface area contributed by atoms with Crippen molar-refractivity contribution < 1.29 is 4.74 Å². The molecule has 0 saturated heterocycles. The summed E-state index contributed by atoms with van der Waals surface area (Å²) < 4.78 is 5.55. The van der Waals surface area contributed by atoms with Gasteiger partial charge in [-0.25, -0.2) is 0 Å². The molecule has 0 saturated carbocycles. The molecule has 0 radical (unpaired) electrons. The number of hydrogen-bond donors (Lipinski definition) is 2. The van der Waals surface area contributed by atoms with Crippen LogP contribution in [0.2, 0.25) is 0 Å². The van der Waals surface area contributed by atoms with Crippen molar-refractivity contribution in [2.45, 2.75) is 12.8 Å². The molecular weight excluding hydrogens is 280 g/mol. The van der Waals surface area contributed by atoms with Gasteiger partial charge in [0.25, 0.3) is 5.56 Å². The first-order valence-electron chi connectivity index (χ1n) is 6.77. The molecule has 6 heteroatoms. The molecule has 0 atom stereocenters. The topological polar surface area (TPSA) is 116 Å². The number of rotatable bonds is 1. The third-order valence-electron chi connectivity index (χ3n) is 3.67. The molecule has 3 rings (SSSR count). The number of aromatic nitrogens is 1. The second-order valence-corrected chi connectivity index (χ2v) is 4.99. The summed E-state index contributed by atoms with van der Waals surface area (Å²) in [5.41, 5.74) is 7.01. The molecule has 2 heterocycles. The number of nitriles is 2. The number of pyridine rings is 1. The van der Waals surface area contributed by atoms with E-state index in [0.717, 1.165) is 24.2 Å². The van der Waals surface area contributed by atoms with Gasteiger partial charge < -0.3 is 15.5 Å². The Balaban J connectivity index is 2.31. The van der Waals surface area contributed by atoms with Gasteiger partial charge in [-0.3, -0.25) is 4.79 Å². The van der Waals surface area contributed by atoms with Crippen molar-refractivity contribution in [2.75, 3.05) is 12.3 Å². The molecule has 1 aromatic heterocycles. The zero-order chi connectivity index (χ0) is 15.7. The number of aryl methyl sites for hydroxylation is 1. The number of hydrogen-bond acceptors (Lipinski definition) is 5. The van der Waals surface area contributed by atoms with Crippen molar-refractivity contribution in [1.29, 1.82) is 10.5 Å². The molecular formula is C16H12N4O2. The molecule has 0 amide bonds. The predicted molar refractivity (Wildman–Crippen MR) is 80.2 cm³/mol. The number of nitrogen functional groups attached to an aromatic ring is 1. The highest BCUT2D eigenvalue weighted by Gasteiger charge is 2.20. The van der Waals surface area contributed by atoms with E-state index in [9.17, 15) is 15.3 Å². The molecule has 1 aliphatic heterocycles. The maximum Gasteiger partial charge on any atom is 0.268 e. The number of anilines is 1. The van der Waals surface area contributed by atoms with E-state index >= 15 is 0 Å². The van der Waals surface area contributed by atoms with Gasteiger partial charge in [0.05, 0.1) is 6.61 Å². The van der Waals surface area contributed by atoms with Crippen LogP contribution in [-0.2, 0) is 6.42 Å². The number of nitrogens with one attached hydrogen (secondary N) is 1. The molecule has 6 nitrogen and oxygen atoms in total. The lowest BCUT2D eigenvalue weighted by Gasteiger charge is -2.18. The number of ether oxygens (including phenoxy) is 1. The fourth-order valence-corrected chi connectivity index (χ4v) is 2.65. The van der Waals surface area contributed by atoms with Crippen LogP contribution in [0, 0.1) is 22.7 Å². The SMILES string of the molecule is N#Cc1c(N)[nH]c(=O)c(C#N)c1-c1ccc2c(c1)CCCO2. The summed E-state index contributed by atoms with van der Waals surface area (Å²) >= 11 is 0. The first kappa shape index (κ1) is 13.7. The average molecular weight is 292 g/mol. The number of nitrogens with two attached hydrogens (primary N) is 1. The number of aromatic amines is 1. The summed E-state index contributed by atoms with van der Waals surface area (Å²) in [6, 6.07) is 9.21. The fraction of sp³-hybridized carbons (Fsp3) is 0.188. The summed E-state index contributed by atoms with van der Waals surface area (Å²) in [5.74, 6) is 0.764. The van der Waals surface area contributed by atoms with Crippen molar-refractivity contribution in [2.24, 2.45) is 0 Å². The van der Waals surface area contributed by atoms with Crippen molar-refractivity contribution in [3.63, 3.8) is 0 Å². The molecule has 0 unspecified atom stereocenters. The van der Waals surface area contributed by atoms with Gasteiger partial charge in [-0.05, 0) is 36.1 Å². The molecule has 22 heavy (non-hydrogen) atoms.